The Morgan fingerprint density at radius 3 is 2.90 bits per heavy atom. The van der Waals surface area contributed by atoms with Gasteiger partial charge < -0.3 is 10.1 Å². The van der Waals surface area contributed by atoms with E-state index in [0.29, 0.717) is 12.3 Å². The summed E-state index contributed by atoms with van der Waals surface area (Å²) in [6, 6.07) is 7.53. The molecule has 0 atom stereocenters. The predicted molar refractivity (Wildman–Crippen MR) is 71.6 cm³/mol. The van der Waals surface area contributed by atoms with Crippen molar-refractivity contribution in [2.24, 2.45) is 0 Å². The Hall–Kier alpha value is -1.95. The van der Waals surface area contributed by atoms with Crippen molar-refractivity contribution in [3.05, 3.63) is 48.0 Å². The molecule has 0 radical (unpaired) electrons. The average molecular weight is 281 g/mol. The highest BCUT2D eigenvalue weighted by Gasteiger charge is 2.12. The lowest BCUT2D eigenvalue weighted by Crippen LogP contribution is -2.13. The van der Waals surface area contributed by atoms with E-state index in [2.05, 4.69) is 10.3 Å². The maximum Gasteiger partial charge on any atom is 0.320 e. The molecule has 0 saturated carbocycles. The summed E-state index contributed by atoms with van der Waals surface area (Å²) >= 11 is 0. The molecule has 0 bridgehead atoms. The molecule has 0 saturated heterocycles. The van der Waals surface area contributed by atoms with Crippen LogP contribution in [0.3, 0.4) is 0 Å². The van der Waals surface area contributed by atoms with Crippen LogP contribution >= 0.6 is 0 Å². The molecule has 1 aromatic carbocycles. The van der Waals surface area contributed by atoms with Gasteiger partial charge in [0.05, 0.1) is 0 Å². The molecule has 0 aliphatic heterocycles. The molecule has 4 nitrogen and oxygen atoms in total. The van der Waals surface area contributed by atoms with Gasteiger partial charge in [0.1, 0.15) is 12.4 Å². The Morgan fingerprint density at radius 2 is 2.15 bits per heavy atom. The maximum atomic E-state index is 12.7. The Balaban J connectivity index is 2.05. The van der Waals surface area contributed by atoms with Gasteiger partial charge in [0, 0.05) is 24.5 Å². The standard InChI is InChI=1S/C14H17F2N3O/c1-2-17-9-11-5-3-4-6-12(11)20-10-13-18-7-8-19(13)14(15)16/h3-8,14,17H,2,9-10H2,1H3. The van der Waals surface area contributed by atoms with E-state index < -0.39 is 6.55 Å². The summed E-state index contributed by atoms with van der Waals surface area (Å²) in [4.78, 5) is 3.89. The third-order valence-electron chi connectivity index (χ3n) is 2.85. The maximum absolute atomic E-state index is 12.7. The number of aromatic nitrogens is 2. The number of hydrogen-bond donors (Lipinski definition) is 1. The number of imidazole rings is 1. The number of hydrogen-bond acceptors (Lipinski definition) is 3. The molecule has 20 heavy (non-hydrogen) atoms. The van der Waals surface area contributed by atoms with Gasteiger partial charge in [-0.05, 0) is 12.6 Å². The van der Waals surface area contributed by atoms with Crippen LogP contribution in [0.15, 0.2) is 36.7 Å². The first-order chi connectivity index (χ1) is 9.72. The SMILES string of the molecule is CCNCc1ccccc1OCc1nccn1C(F)F. The number of alkyl halides is 2. The fraction of sp³-hybridized carbons (Fsp3) is 0.357. The van der Waals surface area contributed by atoms with E-state index in [9.17, 15) is 8.78 Å². The summed E-state index contributed by atoms with van der Waals surface area (Å²) in [6.07, 6.45) is 2.59. The molecule has 0 unspecified atom stereocenters. The number of ether oxygens (including phenoxy) is 1. The number of rotatable bonds is 7. The quantitative estimate of drug-likeness (QED) is 0.848. The lowest BCUT2D eigenvalue weighted by molar-refractivity contribution is 0.0632. The number of benzene rings is 1. The van der Waals surface area contributed by atoms with E-state index in [1.807, 2.05) is 31.2 Å². The predicted octanol–water partition coefficient (Wildman–Crippen LogP) is 2.97. The van der Waals surface area contributed by atoms with E-state index in [4.69, 9.17) is 4.74 Å². The molecule has 0 fully saturated rings. The van der Waals surface area contributed by atoms with Crippen LogP contribution < -0.4 is 10.1 Å². The Bertz CT molecular complexity index is 543. The second-order valence-corrected chi connectivity index (χ2v) is 4.21. The lowest BCUT2D eigenvalue weighted by Gasteiger charge is -2.12. The average Bonchev–Trinajstić information content (AvgIpc) is 2.92. The van der Waals surface area contributed by atoms with Crippen LogP contribution in [0.2, 0.25) is 0 Å². The Morgan fingerprint density at radius 1 is 1.35 bits per heavy atom. The second-order valence-electron chi connectivity index (χ2n) is 4.21. The van der Waals surface area contributed by atoms with Crippen LogP contribution in [0.1, 0.15) is 24.9 Å². The number of nitrogens with one attached hydrogen (secondary N) is 1. The van der Waals surface area contributed by atoms with Crippen LogP contribution in [-0.4, -0.2) is 16.1 Å². The molecule has 108 valence electrons. The molecular weight excluding hydrogens is 264 g/mol. The molecule has 0 aliphatic rings. The van der Waals surface area contributed by atoms with Gasteiger partial charge in [-0.15, -0.1) is 0 Å². The van der Waals surface area contributed by atoms with Crippen LogP contribution in [0, 0.1) is 0 Å². The van der Waals surface area contributed by atoms with Crippen molar-refractivity contribution in [1.82, 2.24) is 14.9 Å². The van der Waals surface area contributed by atoms with E-state index in [1.165, 1.54) is 12.4 Å². The highest BCUT2D eigenvalue weighted by atomic mass is 19.3. The molecule has 0 amide bonds. The second kappa shape index (κ2) is 7.00. The molecule has 6 heteroatoms. The van der Waals surface area contributed by atoms with Gasteiger partial charge in [-0.2, -0.15) is 8.78 Å². The summed E-state index contributed by atoms with van der Waals surface area (Å²) in [5.41, 5.74) is 0.990. The minimum Gasteiger partial charge on any atom is -0.485 e. The molecule has 0 aliphatic carbocycles. The first-order valence-corrected chi connectivity index (χ1v) is 6.43. The fourth-order valence-electron chi connectivity index (χ4n) is 1.83. The van der Waals surface area contributed by atoms with Gasteiger partial charge >= 0.3 is 6.55 Å². The molecule has 1 aromatic heterocycles. The molecule has 2 rings (SSSR count). The van der Waals surface area contributed by atoms with Gasteiger partial charge in [0.15, 0.2) is 5.82 Å². The normalized spacial score (nSPS) is 11.0. The first-order valence-electron chi connectivity index (χ1n) is 6.43. The largest absolute Gasteiger partial charge is 0.485 e. The van der Waals surface area contributed by atoms with Crippen LogP contribution in [0.25, 0.3) is 0 Å². The fourth-order valence-corrected chi connectivity index (χ4v) is 1.83. The van der Waals surface area contributed by atoms with Gasteiger partial charge in [-0.3, -0.25) is 4.57 Å². The zero-order valence-corrected chi connectivity index (χ0v) is 11.2. The summed E-state index contributed by atoms with van der Waals surface area (Å²) < 4.78 is 31.8. The third kappa shape index (κ3) is 3.54. The molecule has 2 aromatic rings. The van der Waals surface area contributed by atoms with Crippen molar-refractivity contribution in [2.75, 3.05) is 6.54 Å². The molecule has 1 N–H and O–H groups in total. The highest BCUT2D eigenvalue weighted by Crippen LogP contribution is 2.20. The van der Waals surface area contributed by atoms with Crippen molar-refractivity contribution in [2.45, 2.75) is 26.6 Å². The summed E-state index contributed by atoms with van der Waals surface area (Å²) in [5, 5.41) is 3.21. The van der Waals surface area contributed by atoms with Crippen molar-refractivity contribution in [3.8, 4) is 5.75 Å². The minimum atomic E-state index is -2.60. The van der Waals surface area contributed by atoms with E-state index in [1.54, 1.807) is 0 Å². The van der Waals surface area contributed by atoms with E-state index in [0.717, 1.165) is 16.7 Å². The van der Waals surface area contributed by atoms with Crippen LogP contribution in [0.5, 0.6) is 5.75 Å². The van der Waals surface area contributed by atoms with Gasteiger partial charge in [-0.1, -0.05) is 25.1 Å². The topological polar surface area (TPSA) is 39.1 Å². The monoisotopic (exact) mass is 281 g/mol. The zero-order valence-electron chi connectivity index (χ0n) is 11.2. The van der Waals surface area contributed by atoms with E-state index in [-0.39, 0.29) is 12.4 Å². The summed E-state index contributed by atoms with van der Waals surface area (Å²) in [6.45, 7) is 0.955. The summed E-state index contributed by atoms with van der Waals surface area (Å²) in [7, 11) is 0. The molecular formula is C14H17F2N3O. The first kappa shape index (κ1) is 14.5. The van der Waals surface area contributed by atoms with Crippen molar-refractivity contribution in [1.29, 1.82) is 0 Å². The number of nitrogens with zero attached hydrogens (tertiary/aromatic N) is 2. The zero-order chi connectivity index (χ0) is 14.4. The Kier molecular flexibility index (Phi) is 5.06. The van der Waals surface area contributed by atoms with Crippen LogP contribution in [-0.2, 0) is 13.2 Å². The number of para-hydroxylation sites is 1. The van der Waals surface area contributed by atoms with Crippen molar-refractivity contribution >= 4 is 0 Å². The Labute approximate surface area is 116 Å². The van der Waals surface area contributed by atoms with Crippen molar-refractivity contribution in [3.63, 3.8) is 0 Å². The van der Waals surface area contributed by atoms with Gasteiger partial charge in [0.25, 0.3) is 0 Å². The molecule has 1 heterocycles. The van der Waals surface area contributed by atoms with Crippen LogP contribution in [0.4, 0.5) is 8.78 Å². The highest BCUT2D eigenvalue weighted by molar-refractivity contribution is 5.33. The van der Waals surface area contributed by atoms with Gasteiger partial charge in [-0.25, -0.2) is 4.98 Å². The lowest BCUT2D eigenvalue weighted by atomic mass is 10.2. The van der Waals surface area contributed by atoms with E-state index >= 15 is 0 Å². The third-order valence-corrected chi connectivity index (χ3v) is 2.85. The minimum absolute atomic E-state index is 0.0144. The van der Waals surface area contributed by atoms with Crippen molar-refractivity contribution < 1.29 is 13.5 Å². The number of halogens is 2. The molecule has 0 spiro atoms. The summed E-state index contributed by atoms with van der Waals surface area (Å²) in [5.74, 6) is 0.885. The smallest absolute Gasteiger partial charge is 0.320 e. The van der Waals surface area contributed by atoms with Gasteiger partial charge in [0.2, 0.25) is 0 Å².